The third-order valence-corrected chi connectivity index (χ3v) is 5.48. The van der Waals surface area contributed by atoms with Gasteiger partial charge in [0, 0.05) is 19.6 Å². The van der Waals surface area contributed by atoms with E-state index >= 15 is 0 Å². The molecule has 0 aliphatic carbocycles. The Bertz CT molecular complexity index is 921. The molecule has 1 fully saturated rings. The van der Waals surface area contributed by atoms with E-state index in [4.69, 9.17) is 9.37 Å². The molecule has 1 saturated heterocycles. The normalized spacial score (nSPS) is 16.4. The minimum Gasteiger partial charge on any atom is -0.491 e. The molecule has 1 aromatic heterocycles. The molecule has 1 unspecified atom stereocenters. The fourth-order valence-corrected chi connectivity index (χ4v) is 3.90. The van der Waals surface area contributed by atoms with Crippen molar-refractivity contribution >= 4 is 11.0 Å². The number of hydrogen-bond donors (Lipinski definition) is 2. The van der Waals surface area contributed by atoms with Gasteiger partial charge in [0.25, 0.3) is 0 Å². The van der Waals surface area contributed by atoms with Gasteiger partial charge in [0.1, 0.15) is 29.5 Å². The van der Waals surface area contributed by atoms with Gasteiger partial charge in [-0.25, -0.2) is 4.63 Å². The maximum Gasteiger partial charge on any atom is 0.135 e. The number of aliphatic hydroxyl groups is 1. The number of likely N-dealkylation sites (tertiary alicyclic amines) is 1. The van der Waals surface area contributed by atoms with Crippen LogP contribution < -0.4 is 10.1 Å². The van der Waals surface area contributed by atoms with Crippen molar-refractivity contribution in [3.63, 3.8) is 0 Å². The number of nitrogens with one attached hydrogen (secondary N) is 1. The number of aliphatic hydroxyl groups excluding tert-OH is 1. The highest BCUT2D eigenvalue weighted by Gasteiger charge is 2.14. The van der Waals surface area contributed by atoms with Crippen LogP contribution in [0.1, 0.15) is 36.8 Å². The first-order valence-corrected chi connectivity index (χ1v) is 10.8. The lowest BCUT2D eigenvalue weighted by Gasteiger charge is -2.23. The van der Waals surface area contributed by atoms with Crippen molar-refractivity contribution in [1.29, 1.82) is 0 Å². The van der Waals surface area contributed by atoms with Crippen molar-refractivity contribution in [2.24, 2.45) is 0 Å². The zero-order valence-electron chi connectivity index (χ0n) is 17.3. The highest BCUT2D eigenvalue weighted by atomic mass is 16.6. The molecule has 30 heavy (non-hydrogen) atoms. The van der Waals surface area contributed by atoms with Crippen molar-refractivity contribution in [2.75, 3.05) is 26.2 Å². The van der Waals surface area contributed by atoms with Crippen LogP contribution >= 0.6 is 0 Å². The molecule has 0 bridgehead atoms. The maximum atomic E-state index is 10.4. The zero-order valence-corrected chi connectivity index (χ0v) is 17.3. The second kappa shape index (κ2) is 10.5. The Morgan fingerprint density at radius 1 is 0.967 bits per heavy atom. The van der Waals surface area contributed by atoms with E-state index in [9.17, 15) is 5.11 Å². The number of ether oxygens (including phenoxy) is 1. The van der Waals surface area contributed by atoms with Crippen LogP contribution in [0.25, 0.3) is 11.0 Å². The molecule has 2 heterocycles. The summed E-state index contributed by atoms with van der Waals surface area (Å²) in [6, 6.07) is 13.9. The molecule has 4 rings (SSSR count). The van der Waals surface area contributed by atoms with E-state index in [0.29, 0.717) is 13.2 Å². The van der Waals surface area contributed by atoms with Crippen LogP contribution in [0.15, 0.2) is 47.1 Å². The van der Waals surface area contributed by atoms with Crippen LogP contribution in [0.4, 0.5) is 0 Å². The predicted octanol–water partition coefficient (Wildman–Crippen LogP) is 3.13. The topological polar surface area (TPSA) is 83.7 Å². The van der Waals surface area contributed by atoms with Gasteiger partial charge in [0.15, 0.2) is 0 Å². The Hall–Kier alpha value is -2.48. The molecule has 160 valence electrons. The van der Waals surface area contributed by atoms with Crippen molar-refractivity contribution in [1.82, 2.24) is 20.5 Å². The third kappa shape index (κ3) is 6.01. The van der Waals surface area contributed by atoms with Crippen molar-refractivity contribution in [3.8, 4) is 5.75 Å². The number of nitrogens with zero attached hydrogens (tertiary/aromatic N) is 3. The summed E-state index contributed by atoms with van der Waals surface area (Å²) in [4.78, 5) is 2.35. The first kappa shape index (κ1) is 20.8. The molecule has 1 aliphatic rings. The summed E-state index contributed by atoms with van der Waals surface area (Å²) < 4.78 is 10.6. The van der Waals surface area contributed by atoms with Crippen LogP contribution in [0.3, 0.4) is 0 Å². The van der Waals surface area contributed by atoms with Gasteiger partial charge in [-0.15, -0.1) is 0 Å². The molecular formula is C23H30N4O3. The molecule has 0 amide bonds. The van der Waals surface area contributed by atoms with Gasteiger partial charge >= 0.3 is 0 Å². The Labute approximate surface area is 177 Å². The smallest absolute Gasteiger partial charge is 0.135 e. The first-order chi connectivity index (χ1) is 14.8. The number of fused-ring (bicyclic) bond motifs is 1. The molecule has 1 atom stereocenters. The van der Waals surface area contributed by atoms with Gasteiger partial charge in [-0.1, -0.05) is 31.0 Å². The van der Waals surface area contributed by atoms with E-state index in [1.54, 1.807) is 0 Å². The third-order valence-electron chi connectivity index (χ3n) is 5.48. The van der Waals surface area contributed by atoms with Crippen molar-refractivity contribution in [3.05, 3.63) is 53.6 Å². The Kier molecular flexibility index (Phi) is 7.29. The van der Waals surface area contributed by atoms with Crippen LogP contribution in [0, 0.1) is 0 Å². The SMILES string of the molecule is OC(COc1cccc(CNCc2ccc3nonc3c2)c1)CN1CCCCCC1. The lowest BCUT2D eigenvalue weighted by Crippen LogP contribution is -2.36. The van der Waals surface area contributed by atoms with E-state index in [1.807, 2.05) is 36.4 Å². The van der Waals surface area contributed by atoms with E-state index in [-0.39, 0.29) is 0 Å². The van der Waals surface area contributed by atoms with E-state index in [2.05, 4.69) is 26.6 Å². The largest absolute Gasteiger partial charge is 0.491 e. The summed E-state index contributed by atoms with van der Waals surface area (Å²) in [6.45, 7) is 4.62. The second-order valence-corrected chi connectivity index (χ2v) is 8.02. The number of β-amino-alcohol motifs (C(OH)–C–C–N with tert-alkyl or cyclic N) is 1. The fourth-order valence-electron chi connectivity index (χ4n) is 3.90. The molecule has 3 aromatic rings. The summed E-state index contributed by atoms with van der Waals surface area (Å²) >= 11 is 0. The minimum absolute atomic E-state index is 0.319. The minimum atomic E-state index is -0.467. The van der Waals surface area contributed by atoms with Gasteiger partial charge in [0.05, 0.1) is 0 Å². The van der Waals surface area contributed by atoms with E-state index in [1.165, 1.54) is 25.7 Å². The summed E-state index contributed by atoms with van der Waals surface area (Å²) in [6.07, 6.45) is 4.59. The van der Waals surface area contributed by atoms with E-state index in [0.717, 1.165) is 54.1 Å². The van der Waals surface area contributed by atoms with Crippen LogP contribution in [0.2, 0.25) is 0 Å². The average Bonchev–Trinajstić information content (AvgIpc) is 3.08. The summed E-state index contributed by atoms with van der Waals surface area (Å²) in [5, 5.41) is 21.5. The lowest BCUT2D eigenvalue weighted by molar-refractivity contribution is 0.0693. The number of hydrogen-bond acceptors (Lipinski definition) is 7. The molecule has 2 N–H and O–H groups in total. The Morgan fingerprint density at radius 2 is 1.73 bits per heavy atom. The first-order valence-electron chi connectivity index (χ1n) is 10.8. The van der Waals surface area contributed by atoms with Gasteiger partial charge in [-0.2, -0.15) is 0 Å². The molecule has 0 saturated carbocycles. The molecule has 7 nitrogen and oxygen atoms in total. The fraction of sp³-hybridized carbons (Fsp3) is 0.478. The summed E-state index contributed by atoms with van der Waals surface area (Å²) in [7, 11) is 0. The molecule has 0 spiro atoms. The molecule has 1 aliphatic heterocycles. The Balaban J connectivity index is 1.22. The van der Waals surface area contributed by atoms with Gasteiger partial charge < -0.3 is 20.1 Å². The van der Waals surface area contributed by atoms with Crippen LogP contribution in [-0.2, 0) is 13.1 Å². The van der Waals surface area contributed by atoms with Crippen molar-refractivity contribution in [2.45, 2.75) is 44.9 Å². The molecule has 2 aromatic carbocycles. The molecule has 0 radical (unpaired) electrons. The van der Waals surface area contributed by atoms with Crippen molar-refractivity contribution < 1.29 is 14.5 Å². The van der Waals surface area contributed by atoms with Crippen LogP contribution in [0.5, 0.6) is 5.75 Å². The molecule has 7 heteroatoms. The monoisotopic (exact) mass is 410 g/mol. The summed E-state index contributed by atoms with van der Waals surface area (Å²) in [5.41, 5.74) is 3.80. The maximum absolute atomic E-state index is 10.4. The average molecular weight is 411 g/mol. The molecular weight excluding hydrogens is 380 g/mol. The van der Waals surface area contributed by atoms with Gasteiger partial charge in [-0.3, -0.25) is 0 Å². The predicted molar refractivity (Wildman–Crippen MR) is 115 cm³/mol. The zero-order chi connectivity index (χ0) is 20.6. The number of aromatic nitrogens is 2. The second-order valence-electron chi connectivity index (χ2n) is 8.02. The Morgan fingerprint density at radius 3 is 2.57 bits per heavy atom. The van der Waals surface area contributed by atoms with Gasteiger partial charge in [0.2, 0.25) is 0 Å². The van der Waals surface area contributed by atoms with E-state index < -0.39 is 6.10 Å². The quantitative estimate of drug-likeness (QED) is 0.561. The van der Waals surface area contributed by atoms with Crippen LogP contribution in [-0.4, -0.2) is 52.7 Å². The highest BCUT2D eigenvalue weighted by molar-refractivity contribution is 5.73. The summed E-state index contributed by atoms with van der Waals surface area (Å²) in [5.74, 6) is 0.791. The number of benzene rings is 2. The number of rotatable bonds is 9. The highest BCUT2D eigenvalue weighted by Crippen LogP contribution is 2.15. The van der Waals surface area contributed by atoms with Gasteiger partial charge in [-0.05, 0) is 71.6 Å². The lowest BCUT2D eigenvalue weighted by atomic mass is 10.2. The standard InChI is InChI=1S/C23H30N4O3/c28-20(16-27-10-3-1-2-4-11-27)17-29-21-7-5-6-18(12-21)14-24-15-19-8-9-22-23(13-19)26-30-25-22/h5-9,12-13,20,24,28H,1-4,10-11,14-17H2.